The summed E-state index contributed by atoms with van der Waals surface area (Å²) in [6, 6.07) is 14.1. The van der Waals surface area contributed by atoms with Gasteiger partial charge in [0, 0.05) is 12.1 Å². The molecule has 2 aromatic carbocycles. The van der Waals surface area contributed by atoms with E-state index in [4.69, 9.17) is 12.2 Å². The molecule has 2 N–H and O–H groups in total. The zero-order valence-corrected chi connectivity index (χ0v) is 20.5. The van der Waals surface area contributed by atoms with Crippen molar-refractivity contribution in [3.8, 4) is 0 Å². The molecule has 0 atom stereocenters. The lowest BCUT2D eigenvalue weighted by Gasteiger charge is -2.20. The van der Waals surface area contributed by atoms with Crippen molar-refractivity contribution in [1.82, 2.24) is 15.5 Å². The van der Waals surface area contributed by atoms with Crippen molar-refractivity contribution in [2.45, 2.75) is 20.8 Å². The van der Waals surface area contributed by atoms with Gasteiger partial charge >= 0.3 is 6.09 Å². The number of amides is 4. The summed E-state index contributed by atoms with van der Waals surface area (Å²) in [5, 5.41) is 5.30. The standard InChI is InChI=1S/C25H26N4O5S/c1-4-28(15-21(30)27-25(33)34-5-2)22(31)18-10-8-17(9-11-18)14-20-23(32)29(24(35)26-20)19-12-6-16(3)7-13-19/h6-14H,4-5,15H2,1-3H3,(H,26,35)(H,27,30,33). The number of hydrogen-bond donors (Lipinski definition) is 2. The highest BCUT2D eigenvalue weighted by Gasteiger charge is 2.31. The van der Waals surface area contributed by atoms with Crippen LogP contribution in [-0.4, -0.2) is 53.5 Å². The number of anilines is 1. The van der Waals surface area contributed by atoms with Gasteiger partial charge < -0.3 is 15.0 Å². The second-order valence-electron chi connectivity index (χ2n) is 7.67. The lowest BCUT2D eigenvalue weighted by Crippen LogP contribution is -2.42. The summed E-state index contributed by atoms with van der Waals surface area (Å²) in [6.07, 6.45) is 0.801. The highest BCUT2D eigenvalue weighted by molar-refractivity contribution is 7.80. The average molecular weight is 495 g/mol. The van der Waals surface area contributed by atoms with Gasteiger partial charge in [0.1, 0.15) is 12.2 Å². The van der Waals surface area contributed by atoms with Crippen LogP contribution in [-0.2, 0) is 14.3 Å². The number of carbonyl (C=O) groups is 4. The third-order valence-electron chi connectivity index (χ3n) is 5.16. The number of nitrogens with zero attached hydrogens (tertiary/aromatic N) is 2. The van der Waals surface area contributed by atoms with Gasteiger partial charge in [-0.15, -0.1) is 0 Å². The van der Waals surface area contributed by atoms with Gasteiger partial charge in [-0.3, -0.25) is 24.6 Å². The van der Waals surface area contributed by atoms with E-state index in [0.29, 0.717) is 22.5 Å². The second kappa shape index (κ2) is 11.4. The fraction of sp³-hybridized carbons (Fsp3) is 0.240. The molecule has 0 radical (unpaired) electrons. The van der Waals surface area contributed by atoms with Crippen molar-refractivity contribution in [2.24, 2.45) is 0 Å². The van der Waals surface area contributed by atoms with Crippen LogP contribution in [0.5, 0.6) is 0 Å². The normalized spacial score (nSPS) is 14.0. The monoisotopic (exact) mass is 494 g/mol. The number of aryl methyl sites for hydroxylation is 1. The minimum Gasteiger partial charge on any atom is -0.450 e. The lowest BCUT2D eigenvalue weighted by atomic mass is 10.1. The van der Waals surface area contributed by atoms with E-state index in [1.165, 1.54) is 9.80 Å². The molecule has 3 rings (SSSR count). The number of thiocarbonyl (C=S) groups is 1. The van der Waals surface area contributed by atoms with Gasteiger partial charge in [-0.1, -0.05) is 29.8 Å². The number of imide groups is 1. The van der Waals surface area contributed by atoms with Crippen LogP contribution in [0.4, 0.5) is 10.5 Å². The minimum atomic E-state index is -0.853. The largest absolute Gasteiger partial charge is 0.450 e. The van der Waals surface area contributed by atoms with Gasteiger partial charge in [0.05, 0.1) is 12.3 Å². The molecule has 9 nitrogen and oxygen atoms in total. The predicted octanol–water partition coefficient (Wildman–Crippen LogP) is 2.99. The molecule has 1 fully saturated rings. The molecule has 182 valence electrons. The van der Waals surface area contributed by atoms with E-state index in [2.05, 4.69) is 15.4 Å². The summed E-state index contributed by atoms with van der Waals surface area (Å²) in [5.41, 5.74) is 3.12. The number of nitrogens with one attached hydrogen (secondary N) is 2. The summed E-state index contributed by atoms with van der Waals surface area (Å²) >= 11 is 5.34. The van der Waals surface area contributed by atoms with Crippen molar-refractivity contribution in [3.63, 3.8) is 0 Å². The Bertz CT molecular complexity index is 1180. The highest BCUT2D eigenvalue weighted by atomic mass is 32.1. The first kappa shape index (κ1) is 25.6. The van der Waals surface area contributed by atoms with Crippen LogP contribution < -0.4 is 15.5 Å². The maximum Gasteiger partial charge on any atom is 0.413 e. The molecule has 0 aromatic heterocycles. The number of benzene rings is 2. The Labute approximate surface area is 208 Å². The molecule has 1 heterocycles. The molecule has 0 unspecified atom stereocenters. The zero-order valence-electron chi connectivity index (χ0n) is 19.7. The zero-order chi connectivity index (χ0) is 25.5. The Morgan fingerprint density at radius 2 is 1.74 bits per heavy atom. The molecule has 1 aliphatic heterocycles. The summed E-state index contributed by atoms with van der Waals surface area (Å²) in [7, 11) is 0. The topological polar surface area (TPSA) is 108 Å². The lowest BCUT2D eigenvalue weighted by molar-refractivity contribution is -0.121. The molecule has 0 aliphatic carbocycles. The van der Waals surface area contributed by atoms with Gasteiger partial charge in [0.15, 0.2) is 5.11 Å². The smallest absolute Gasteiger partial charge is 0.413 e. The van der Waals surface area contributed by atoms with E-state index in [9.17, 15) is 19.2 Å². The molecule has 4 amide bonds. The molecule has 0 saturated carbocycles. The number of likely N-dealkylation sites (N-methyl/N-ethyl adjacent to an activating group) is 1. The van der Waals surface area contributed by atoms with Gasteiger partial charge in [0.2, 0.25) is 5.91 Å². The first-order chi connectivity index (χ1) is 16.7. The Morgan fingerprint density at radius 1 is 1.09 bits per heavy atom. The van der Waals surface area contributed by atoms with Gasteiger partial charge in [0.25, 0.3) is 11.8 Å². The molecule has 1 saturated heterocycles. The summed E-state index contributed by atoms with van der Waals surface area (Å²) < 4.78 is 4.67. The van der Waals surface area contributed by atoms with Crippen molar-refractivity contribution in [1.29, 1.82) is 0 Å². The minimum absolute atomic E-state index is 0.134. The molecule has 0 spiro atoms. The van der Waals surface area contributed by atoms with E-state index in [-0.39, 0.29) is 36.6 Å². The number of rotatable bonds is 7. The molecule has 10 heteroatoms. The number of hydrogen-bond acceptors (Lipinski definition) is 6. The average Bonchev–Trinajstić information content (AvgIpc) is 3.10. The van der Waals surface area contributed by atoms with Crippen LogP contribution in [0.25, 0.3) is 6.08 Å². The second-order valence-corrected chi connectivity index (χ2v) is 8.06. The number of carbonyl (C=O) groups excluding carboxylic acids is 4. The van der Waals surface area contributed by atoms with Crippen LogP contribution in [0.3, 0.4) is 0 Å². The maximum atomic E-state index is 12.9. The molecule has 1 aliphatic rings. The van der Waals surface area contributed by atoms with E-state index >= 15 is 0 Å². The number of ether oxygens (including phenoxy) is 1. The summed E-state index contributed by atoms with van der Waals surface area (Å²) in [5.74, 6) is -1.28. The summed E-state index contributed by atoms with van der Waals surface area (Å²) in [4.78, 5) is 51.9. The summed E-state index contributed by atoms with van der Waals surface area (Å²) in [6.45, 7) is 5.43. The maximum absolute atomic E-state index is 12.9. The quantitative estimate of drug-likeness (QED) is 0.450. The van der Waals surface area contributed by atoms with Crippen molar-refractivity contribution in [2.75, 3.05) is 24.6 Å². The Kier molecular flexibility index (Phi) is 8.32. The van der Waals surface area contributed by atoms with Gasteiger partial charge in [-0.05, 0) is 68.9 Å². The van der Waals surface area contributed by atoms with Gasteiger partial charge in [-0.2, -0.15) is 0 Å². The predicted molar refractivity (Wildman–Crippen MR) is 136 cm³/mol. The molecule has 0 bridgehead atoms. The SMILES string of the molecule is CCOC(=O)NC(=O)CN(CC)C(=O)c1ccc(C=C2NC(=S)N(c3ccc(C)cc3)C2=O)cc1. The highest BCUT2D eigenvalue weighted by Crippen LogP contribution is 2.23. The third-order valence-corrected chi connectivity index (χ3v) is 5.44. The van der Waals surface area contributed by atoms with Crippen LogP contribution in [0.15, 0.2) is 54.2 Å². The van der Waals surface area contributed by atoms with Crippen molar-refractivity contribution >= 4 is 52.9 Å². The van der Waals surface area contributed by atoms with E-state index in [1.54, 1.807) is 44.2 Å². The van der Waals surface area contributed by atoms with Crippen molar-refractivity contribution in [3.05, 3.63) is 70.9 Å². The molecule has 35 heavy (non-hydrogen) atoms. The fourth-order valence-electron chi connectivity index (χ4n) is 3.36. The molecular formula is C25H26N4O5S. The number of alkyl carbamates (subject to hydrolysis) is 1. The van der Waals surface area contributed by atoms with E-state index in [1.807, 2.05) is 31.2 Å². The Balaban J connectivity index is 1.69. The fourth-order valence-corrected chi connectivity index (χ4v) is 3.65. The Morgan fingerprint density at radius 3 is 2.34 bits per heavy atom. The first-order valence-corrected chi connectivity index (χ1v) is 11.4. The molecule has 2 aromatic rings. The van der Waals surface area contributed by atoms with E-state index < -0.39 is 12.0 Å². The molecular weight excluding hydrogens is 468 g/mol. The van der Waals surface area contributed by atoms with Crippen molar-refractivity contribution < 1.29 is 23.9 Å². The van der Waals surface area contributed by atoms with E-state index in [0.717, 1.165) is 5.56 Å². The van der Waals surface area contributed by atoms with Crippen LogP contribution in [0.2, 0.25) is 0 Å². The van der Waals surface area contributed by atoms with Crippen LogP contribution >= 0.6 is 12.2 Å². The third kappa shape index (κ3) is 6.30. The Hall–Kier alpha value is -4.05. The van der Waals surface area contributed by atoms with Crippen LogP contribution in [0.1, 0.15) is 35.3 Å². The van der Waals surface area contributed by atoms with Gasteiger partial charge in [-0.25, -0.2) is 4.79 Å². The first-order valence-electron chi connectivity index (χ1n) is 11.0. The van der Waals surface area contributed by atoms with Crippen LogP contribution in [0, 0.1) is 6.92 Å².